The van der Waals surface area contributed by atoms with E-state index in [9.17, 15) is 0 Å². The summed E-state index contributed by atoms with van der Waals surface area (Å²) in [6.07, 6.45) is 16.0. The molecule has 0 saturated heterocycles. The molecule has 0 radical (unpaired) electrons. The van der Waals surface area contributed by atoms with E-state index in [1.165, 1.54) is 57.8 Å². The summed E-state index contributed by atoms with van der Waals surface area (Å²) >= 11 is 0. The van der Waals surface area contributed by atoms with E-state index in [2.05, 4.69) is 25.3 Å². The third-order valence-electron chi connectivity index (χ3n) is 2.74. The van der Waals surface area contributed by atoms with Gasteiger partial charge in [0.1, 0.15) is 0 Å². The van der Waals surface area contributed by atoms with E-state index < -0.39 is 0 Å². The Morgan fingerprint density at radius 1 is 0.812 bits per heavy atom. The van der Waals surface area contributed by atoms with Gasteiger partial charge in [0.25, 0.3) is 0 Å². The summed E-state index contributed by atoms with van der Waals surface area (Å²) in [5.41, 5.74) is 0. The van der Waals surface area contributed by atoms with Gasteiger partial charge in [-0.05, 0) is 25.7 Å². The van der Waals surface area contributed by atoms with Gasteiger partial charge in [-0.25, -0.2) is 0 Å². The summed E-state index contributed by atoms with van der Waals surface area (Å²) in [5.74, 6) is 6.51. The molecule has 0 heteroatoms. The van der Waals surface area contributed by atoms with Gasteiger partial charge in [-0.15, -0.1) is 18.4 Å². The lowest BCUT2D eigenvalue weighted by atomic mass is 10.1. The van der Waals surface area contributed by atoms with Gasteiger partial charge >= 0.3 is 0 Å². The minimum Gasteiger partial charge on any atom is -0.103 e. The van der Waals surface area contributed by atoms with Crippen LogP contribution in [0.3, 0.4) is 0 Å². The SMILES string of the molecule is C=CCCCCCCCCC#CCCCC. The summed E-state index contributed by atoms with van der Waals surface area (Å²) < 4.78 is 0. The van der Waals surface area contributed by atoms with E-state index in [4.69, 9.17) is 0 Å². The van der Waals surface area contributed by atoms with Crippen LogP contribution >= 0.6 is 0 Å². The quantitative estimate of drug-likeness (QED) is 0.259. The molecule has 0 amide bonds. The maximum atomic E-state index is 3.73. The molecular weight excluding hydrogens is 192 g/mol. The maximum absolute atomic E-state index is 3.73. The van der Waals surface area contributed by atoms with E-state index in [0.717, 1.165) is 12.8 Å². The van der Waals surface area contributed by atoms with Crippen molar-refractivity contribution in [1.29, 1.82) is 0 Å². The van der Waals surface area contributed by atoms with Crippen molar-refractivity contribution in [2.24, 2.45) is 0 Å². The molecule has 0 aliphatic carbocycles. The molecule has 0 nitrogen and oxygen atoms in total. The van der Waals surface area contributed by atoms with E-state index >= 15 is 0 Å². The predicted octanol–water partition coefficient (Wildman–Crippen LogP) is 5.49. The van der Waals surface area contributed by atoms with Crippen molar-refractivity contribution in [3.63, 3.8) is 0 Å². The van der Waals surface area contributed by atoms with Gasteiger partial charge in [0.2, 0.25) is 0 Å². The van der Waals surface area contributed by atoms with Crippen molar-refractivity contribution in [3.05, 3.63) is 12.7 Å². The largest absolute Gasteiger partial charge is 0.103 e. The van der Waals surface area contributed by atoms with Crippen molar-refractivity contribution < 1.29 is 0 Å². The van der Waals surface area contributed by atoms with Crippen LogP contribution in [0, 0.1) is 11.8 Å². The third kappa shape index (κ3) is 13.3. The lowest BCUT2D eigenvalue weighted by Gasteiger charge is -1.98. The van der Waals surface area contributed by atoms with Gasteiger partial charge in [-0.3, -0.25) is 0 Å². The highest BCUT2D eigenvalue weighted by molar-refractivity contribution is 4.98. The van der Waals surface area contributed by atoms with Crippen LogP contribution in [0.15, 0.2) is 12.7 Å². The molecule has 0 heterocycles. The standard InChI is InChI=1S/C16H28/c1-3-5-7-9-11-13-15-16-14-12-10-8-6-4-2/h3H,1,4-9,11,13-16H2,2H3. The Kier molecular flexibility index (Phi) is 13.7. The minimum absolute atomic E-state index is 1.10. The number of rotatable bonds is 10. The van der Waals surface area contributed by atoms with Gasteiger partial charge < -0.3 is 0 Å². The second kappa shape index (κ2) is 14.3. The number of hydrogen-bond donors (Lipinski definition) is 0. The predicted molar refractivity (Wildman–Crippen MR) is 74.4 cm³/mol. The smallest absolute Gasteiger partial charge is 0.00886 e. The van der Waals surface area contributed by atoms with Crippen molar-refractivity contribution in [2.75, 3.05) is 0 Å². The molecule has 16 heavy (non-hydrogen) atoms. The summed E-state index contributed by atoms with van der Waals surface area (Å²) in [5, 5.41) is 0. The van der Waals surface area contributed by atoms with Crippen molar-refractivity contribution in [1.82, 2.24) is 0 Å². The molecule has 0 rings (SSSR count). The van der Waals surface area contributed by atoms with Crippen molar-refractivity contribution in [2.45, 2.75) is 77.6 Å². The van der Waals surface area contributed by atoms with E-state index in [-0.39, 0.29) is 0 Å². The fraction of sp³-hybridized carbons (Fsp3) is 0.750. The number of hydrogen-bond acceptors (Lipinski definition) is 0. The fourth-order valence-corrected chi connectivity index (χ4v) is 1.65. The van der Waals surface area contributed by atoms with Crippen LogP contribution in [0.4, 0.5) is 0 Å². The van der Waals surface area contributed by atoms with Crippen LogP contribution in [0.2, 0.25) is 0 Å². The highest BCUT2D eigenvalue weighted by Crippen LogP contribution is 2.08. The zero-order valence-corrected chi connectivity index (χ0v) is 11.1. The van der Waals surface area contributed by atoms with Crippen LogP contribution < -0.4 is 0 Å². The molecule has 0 aromatic heterocycles. The summed E-state index contributed by atoms with van der Waals surface area (Å²) in [6, 6.07) is 0. The maximum Gasteiger partial charge on any atom is 0.00886 e. The van der Waals surface area contributed by atoms with Crippen molar-refractivity contribution >= 4 is 0 Å². The fourth-order valence-electron chi connectivity index (χ4n) is 1.65. The van der Waals surface area contributed by atoms with Crippen molar-refractivity contribution in [3.8, 4) is 11.8 Å². The zero-order valence-electron chi connectivity index (χ0n) is 11.1. The van der Waals surface area contributed by atoms with Crippen LogP contribution in [0.5, 0.6) is 0 Å². The lowest BCUT2D eigenvalue weighted by Crippen LogP contribution is -1.79. The van der Waals surface area contributed by atoms with Gasteiger partial charge in [0.05, 0.1) is 0 Å². The van der Waals surface area contributed by atoms with E-state index in [1.807, 2.05) is 6.08 Å². The topological polar surface area (TPSA) is 0 Å². The highest BCUT2D eigenvalue weighted by atomic mass is 13.9. The summed E-state index contributed by atoms with van der Waals surface area (Å²) in [4.78, 5) is 0. The number of allylic oxidation sites excluding steroid dienone is 1. The first-order valence-electron chi connectivity index (χ1n) is 6.98. The van der Waals surface area contributed by atoms with Crippen LogP contribution in [0.1, 0.15) is 77.6 Å². The van der Waals surface area contributed by atoms with Crippen LogP contribution in [-0.2, 0) is 0 Å². The molecule has 0 aliphatic rings. The Morgan fingerprint density at radius 3 is 2.00 bits per heavy atom. The molecule has 0 unspecified atom stereocenters. The molecule has 0 atom stereocenters. The Balaban J connectivity index is 3.02. The minimum atomic E-state index is 1.10. The summed E-state index contributed by atoms with van der Waals surface area (Å²) in [6.45, 7) is 5.95. The van der Waals surface area contributed by atoms with Gasteiger partial charge in [0, 0.05) is 12.8 Å². The second-order valence-corrected chi connectivity index (χ2v) is 4.41. The monoisotopic (exact) mass is 220 g/mol. The molecule has 0 spiro atoms. The molecule has 0 aliphatic heterocycles. The molecule has 0 N–H and O–H groups in total. The molecule has 0 aromatic carbocycles. The third-order valence-corrected chi connectivity index (χ3v) is 2.74. The first-order chi connectivity index (χ1) is 7.91. The second-order valence-electron chi connectivity index (χ2n) is 4.41. The Morgan fingerprint density at radius 2 is 1.38 bits per heavy atom. The summed E-state index contributed by atoms with van der Waals surface area (Å²) in [7, 11) is 0. The first kappa shape index (κ1) is 15.3. The average Bonchev–Trinajstić information content (AvgIpc) is 2.31. The molecule has 0 saturated carbocycles. The van der Waals surface area contributed by atoms with E-state index in [1.54, 1.807) is 0 Å². The van der Waals surface area contributed by atoms with Gasteiger partial charge in [0.15, 0.2) is 0 Å². The average molecular weight is 220 g/mol. The van der Waals surface area contributed by atoms with E-state index in [0.29, 0.717) is 0 Å². The Hall–Kier alpha value is -0.700. The number of unbranched alkanes of at least 4 members (excludes halogenated alkanes) is 9. The van der Waals surface area contributed by atoms with Gasteiger partial charge in [-0.1, -0.05) is 45.1 Å². The van der Waals surface area contributed by atoms with Gasteiger partial charge in [-0.2, -0.15) is 0 Å². The lowest BCUT2D eigenvalue weighted by molar-refractivity contribution is 0.602. The molecular formula is C16H28. The Bertz CT molecular complexity index is 192. The van der Waals surface area contributed by atoms with Crippen LogP contribution in [-0.4, -0.2) is 0 Å². The zero-order chi connectivity index (χ0) is 11.9. The van der Waals surface area contributed by atoms with Crippen LogP contribution in [0.25, 0.3) is 0 Å². The normalized spacial score (nSPS) is 9.56. The molecule has 0 bridgehead atoms. The first-order valence-corrected chi connectivity index (χ1v) is 6.98. The molecule has 92 valence electrons. The molecule has 0 aromatic rings. The Labute approximate surface area is 103 Å². The molecule has 0 fully saturated rings. The highest BCUT2D eigenvalue weighted by Gasteiger charge is 1.89.